The van der Waals surface area contributed by atoms with Gasteiger partial charge in [0.05, 0.1) is 7.11 Å². The predicted molar refractivity (Wildman–Crippen MR) is 80.9 cm³/mol. The van der Waals surface area contributed by atoms with Gasteiger partial charge in [0.15, 0.2) is 11.6 Å². The van der Waals surface area contributed by atoms with Crippen LogP contribution in [-0.4, -0.2) is 32.0 Å². The molecule has 0 saturated heterocycles. The Morgan fingerprint density at radius 1 is 1.14 bits per heavy atom. The standard InChI is InChI=1S/C16H16N4O2/c1-11-18-16(20(19-11)14-5-3-4-10-17-14)15(21)12-6-8-13(22-2)9-7-12/h3-10,15,21H,1-2H3/t15-/m0/s1. The van der Waals surface area contributed by atoms with Crippen LogP contribution in [-0.2, 0) is 0 Å². The molecule has 0 saturated carbocycles. The van der Waals surface area contributed by atoms with Gasteiger partial charge in [-0.3, -0.25) is 0 Å². The molecule has 6 heteroatoms. The second kappa shape index (κ2) is 5.95. The van der Waals surface area contributed by atoms with Crippen molar-refractivity contribution in [3.8, 4) is 11.6 Å². The monoisotopic (exact) mass is 296 g/mol. The maximum absolute atomic E-state index is 10.6. The van der Waals surface area contributed by atoms with Crippen molar-refractivity contribution < 1.29 is 9.84 Å². The summed E-state index contributed by atoms with van der Waals surface area (Å²) < 4.78 is 6.69. The van der Waals surface area contributed by atoms with E-state index in [1.807, 2.05) is 18.2 Å². The lowest BCUT2D eigenvalue weighted by Crippen LogP contribution is -2.10. The van der Waals surface area contributed by atoms with Crippen LogP contribution in [0.3, 0.4) is 0 Å². The molecule has 0 amide bonds. The van der Waals surface area contributed by atoms with Crippen LogP contribution in [0.1, 0.15) is 23.3 Å². The molecule has 22 heavy (non-hydrogen) atoms. The first-order valence-electron chi connectivity index (χ1n) is 6.86. The maximum Gasteiger partial charge on any atom is 0.167 e. The molecular weight excluding hydrogens is 280 g/mol. The van der Waals surface area contributed by atoms with Crippen molar-refractivity contribution in [2.45, 2.75) is 13.0 Å². The van der Waals surface area contributed by atoms with Gasteiger partial charge in [0, 0.05) is 6.20 Å². The average Bonchev–Trinajstić information content (AvgIpc) is 2.97. The first-order valence-corrected chi connectivity index (χ1v) is 6.86. The van der Waals surface area contributed by atoms with Crippen LogP contribution in [0.25, 0.3) is 5.82 Å². The summed E-state index contributed by atoms with van der Waals surface area (Å²) in [6.07, 6.45) is 0.782. The van der Waals surface area contributed by atoms with E-state index >= 15 is 0 Å². The number of benzene rings is 1. The fourth-order valence-corrected chi connectivity index (χ4v) is 2.19. The zero-order chi connectivity index (χ0) is 15.5. The van der Waals surface area contributed by atoms with Crippen molar-refractivity contribution >= 4 is 0 Å². The molecule has 2 heterocycles. The Hall–Kier alpha value is -2.73. The van der Waals surface area contributed by atoms with Crippen molar-refractivity contribution in [3.05, 3.63) is 65.9 Å². The van der Waals surface area contributed by atoms with Crippen LogP contribution in [0.15, 0.2) is 48.7 Å². The highest BCUT2D eigenvalue weighted by atomic mass is 16.5. The van der Waals surface area contributed by atoms with Gasteiger partial charge in [-0.25, -0.2) is 9.97 Å². The fraction of sp³-hybridized carbons (Fsp3) is 0.188. The second-order valence-electron chi connectivity index (χ2n) is 4.79. The highest BCUT2D eigenvalue weighted by Gasteiger charge is 2.20. The van der Waals surface area contributed by atoms with E-state index < -0.39 is 6.10 Å². The summed E-state index contributed by atoms with van der Waals surface area (Å²) in [7, 11) is 1.60. The van der Waals surface area contributed by atoms with Crippen molar-refractivity contribution in [2.24, 2.45) is 0 Å². The quantitative estimate of drug-likeness (QED) is 0.798. The number of rotatable bonds is 4. The summed E-state index contributed by atoms with van der Waals surface area (Å²) in [5, 5.41) is 14.9. The van der Waals surface area contributed by atoms with Crippen LogP contribution >= 0.6 is 0 Å². The number of aliphatic hydroxyl groups is 1. The molecule has 0 unspecified atom stereocenters. The Kier molecular flexibility index (Phi) is 3.84. The number of aryl methyl sites for hydroxylation is 1. The number of hydrogen-bond acceptors (Lipinski definition) is 5. The minimum Gasteiger partial charge on any atom is -0.497 e. The number of aliphatic hydroxyl groups excluding tert-OH is 1. The summed E-state index contributed by atoms with van der Waals surface area (Å²) in [6.45, 7) is 1.78. The van der Waals surface area contributed by atoms with Crippen LogP contribution in [0.4, 0.5) is 0 Å². The Morgan fingerprint density at radius 2 is 1.91 bits per heavy atom. The van der Waals surface area contributed by atoms with E-state index in [0.29, 0.717) is 23.0 Å². The summed E-state index contributed by atoms with van der Waals surface area (Å²) in [5.74, 6) is 2.36. The second-order valence-corrected chi connectivity index (χ2v) is 4.79. The molecule has 0 aliphatic rings. The van der Waals surface area contributed by atoms with Gasteiger partial charge in [-0.15, -0.1) is 5.10 Å². The van der Waals surface area contributed by atoms with E-state index in [2.05, 4.69) is 15.1 Å². The third-order valence-electron chi connectivity index (χ3n) is 3.28. The predicted octanol–water partition coefficient (Wildman–Crippen LogP) is 2.06. The topological polar surface area (TPSA) is 73.1 Å². The molecule has 0 bridgehead atoms. The largest absolute Gasteiger partial charge is 0.497 e. The van der Waals surface area contributed by atoms with Gasteiger partial charge in [0.1, 0.15) is 17.7 Å². The summed E-state index contributed by atoms with van der Waals surface area (Å²) in [6, 6.07) is 12.7. The average molecular weight is 296 g/mol. The lowest BCUT2D eigenvalue weighted by atomic mass is 10.1. The smallest absolute Gasteiger partial charge is 0.167 e. The van der Waals surface area contributed by atoms with E-state index in [4.69, 9.17) is 4.74 Å². The number of nitrogens with zero attached hydrogens (tertiary/aromatic N) is 4. The lowest BCUT2D eigenvalue weighted by Gasteiger charge is -2.12. The fourth-order valence-electron chi connectivity index (χ4n) is 2.19. The summed E-state index contributed by atoms with van der Waals surface area (Å²) in [5.41, 5.74) is 0.713. The number of ether oxygens (including phenoxy) is 1. The van der Waals surface area contributed by atoms with Gasteiger partial charge in [-0.05, 0) is 36.8 Å². The van der Waals surface area contributed by atoms with E-state index in [-0.39, 0.29) is 0 Å². The van der Waals surface area contributed by atoms with Crippen LogP contribution in [0.5, 0.6) is 5.75 Å². The molecule has 1 N–H and O–H groups in total. The molecule has 3 aromatic rings. The molecule has 3 rings (SSSR count). The normalized spacial score (nSPS) is 12.1. The van der Waals surface area contributed by atoms with Crippen LogP contribution in [0, 0.1) is 6.92 Å². The third-order valence-corrected chi connectivity index (χ3v) is 3.28. The van der Waals surface area contributed by atoms with Crippen molar-refractivity contribution in [2.75, 3.05) is 7.11 Å². The highest BCUT2D eigenvalue weighted by Crippen LogP contribution is 2.24. The number of aromatic nitrogens is 4. The van der Waals surface area contributed by atoms with Gasteiger partial charge in [0.2, 0.25) is 0 Å². The molecule has 0 aliphatic carbocycles. The number of hydrogen-bond donors (Lipinski definition) is 1. The van der Waals surface area contributed by atoms with Gasteiger partial charge < -0.3 is 9.84 Å². The van der Waals surface area contributed by atoms with Gasteiger partial charge in [-0.2, -0.15) is 4.68 Å². The molecule has 2 aromatic heterocycles. The molecule has 0 spiro atoms. The van der Waals surface area contributed by atoms with E-state index in [1.165, 1.54) is 0 Å². The van der Waals surface area contributed by atoms with Crippen LogP contribution in [0.2, 0.25) is 0 Å². The third kappa shape index (κ3) is 2.68. The maximum atomic E-state index is 10.6. The molecule has 1 aromatic carbocycles. The van der Waals surface area contributed by atoms with E-state index in [9.17, 15) is 5.11 Å². The zero-order valence-electron chi connectivity index (χ0n) is 12.3. The Morgan fingerprint density at radius 3 is 2.55 bits per heavy atom. The molecular formula is C16H16N4O2. The lowest BCUT2D eigenvalue weighted by molar-refractivity contribution is 0.206. The van der Waals surface area contributed by atoms with E-state index in [1.54, 1.807) is 49.2 Å². The minimum atomic E-state index is -0.894. The van der Waals surface area contributed by atoms with Crippen LogP contribution < -0.4 is 4.74 Å². The number of pyridine rings is 1. The van der Waals surface area contributed by atoms with Gasteiger partial charge in [-0.1, -0.05) is 18.2 Å². The first kappa shape index (κ1) is 14.2. The molecule has 0 fully saturated rings. The minimum absolute atomic E-state index is 0.432. The van der Waals surface area contributed by atoms with Crippen molar-refractivity contribution in [1.82, 2.24) is 19.7 Å². The molecule has 0 aliphatic heterocycles. The molecule has 6 nitrogen and oxygen atoms in total. The number of methoxy groups -OCH3 is 1. The molecule has 112 valence electrons. The Bertz CT molecular complexity index is 754. The molecule has 0 radical (unpaired) electrons. The van der Waals surface area contributed by atoms with Crippen molar-refractivity contribution in [1.29, 1.82) is 0 Å². The van der Waals surface area contributed by atoms with Gasteiger partial charge in [0.25, 0.3) is 0 Å². The zero-order valence-corrected chi connectivity index (χ0v) is 12.3. The summed E-state index contributed by atoms with van der Waals surface area (Å²) >= 11 is 0. The van der Waals surface area contributed by atoms with E-state index in [0.717, 1.165) is 5.75 Å². The van der Waals surface area contributed by atoms with Crippen molar-refractivity contribution in [3.63, 3.8) is 0 Å². The SMILES string of the molecule is COc1ccc([C@H](O)c2nc(C)nn2-c2ccccn2)cc1. The summed E-state index contributed by atoms with van der Waals surface area (Å²) in [4.78, 5) is 8.59. The first-order chi connectivity index (χ1) is 10.7. The Labute approximate surface area is 128 Å². The highest BCUT2D eigenvalue weighted by molar-refractivity contribution is 5.32. The Balaban J connectivity index is 2.00. The van der Waals surface area contributed by atoms with Gasteiger partial charge >= 0.3 is 0 Å². The molecule has 1 atom stereocenters.